The molecular formula is C20H19N3O4S. The number of anilines is 1. The van der Waals surface area contributed by atoms with Gasteiger partial charge >= 0.3 is 0 Å². The molecule has 0 unspecified atom stereocenters. The van der Waals surface area contributed by atoms with Gasteiger partial charge in [0.15, 0.2) is 11.3 Å². The fraction of sp³-hybridized carbons (Fsp3) is 0.250. The lowest BCUT2D eigenvalue weighted by atomic mass is 10.2. The van der Waals surface area contributed by atoms with Crippen LogP contribution in [0, 0.1) is 6.92 Å². The minimum Gasteiger partial charge on any atom is -0.497 e. The van der Waals surface area contributed by atoms with Crippen LogP contribution in [0.4, 0.5) is 5.69 Å². The summed E-state index contributed by atoms with van der Waals surface area (Å²) in [7, 11) is 1.59. The average molecular weight is 397 g/mol. The van der Waals surface area contributed by atoms with Gasteiger partial charge in [0.05, 0.1) is 13.0 Å². The third-order valence-electron chi connectivity index (χ3n) is 4.53. The Morgan fingerprint density at radius 3 is 2.79 bits per heavy atom. The Morgan fingerprint density at radius 1 is 1.25 bits per heavy atom. The van der Waals surface area contributed by atoms with Gasteiger partial charge < -0.3 is 19.4 Å². The number of hydrogen-bond donors (Lipinski definition) is 1. The van der Waals surface area contributed by atoms with E-state index in [1.165, 1.54) is 16.7 Å². The number of thioether (sulfide) groups is 1. The van der Waals surface area contributed by atoms with Gasteiger partial charge in [-0.25, -0.2) is 4.98 Å². The molecule has 1 aliphatic heterocycles. The second kappa shape index (κ2) is 7.55. The molecule has 3 heterocycles. The van der Waals surface area contributed by atoms with Gasteiger partial charge in [0.2, 0.25) is 5.91 Å². The van der Waals surface area contributed by atoms with Crippen molar-refractivity contribution in [3.8, 4) is 5.75 Å². The second-order valence-electron chi connectivity index (χ2n) is 6.46. The van der Waals surface area contributed by atoms with Crippen LogP contribution in [0.3, 0.4) is 0 Å². The summed E-state index contributed by atoms with van der Waals surface area (Å²) >= 11 is 1.53. The highest BCUT2D eigenvalue weighted by atomic mass is 32.2. The van der Waals surface area contributed by atoms with Crippen molar-refractivity contribution in [2.75, 3.05) is 24.1 Å². The van der Waals surface area contributed by atoms with Crippen molar-refractivity contribution in [1.29, 1.82) is 0 Å². The molecule has 8 heteroatoms. The number of fused-ring (bicyclic) bond motifs is 1. The van der Waals surface area contributed by atoms with Gasteiger partial charge in [-0.1, -0.05) is 0 Å². The molecule has 1 aromatic carbocycles. The van der Waals surface area contributed by atoms with Gasteiger partial charge in [-0.2, -0.15) is 0 Å². The summed E-state index contributed by atoms with van der Waals surface area (Å²) in [4.78, 5) is 31.6. The Morgan fingerprint density at radius 2 is 2.04 bits per heavy atom. The second-order valence-corrected chi connectivity index (χ2v) is 7.45. The molecule has 7 nitrogen and oxygen atoms in total. The van der Waals surface area contributed by atoms with E-state index in [9.17, 15) is 9.59 Å². The van der Waals surface area contributed by atoms with Gasteiger partial charge in [-0.3, -0.25) is 9.59 Å². The van der Waals surface area contributed by atoms with Crippen molar-refractivity contribution in [3.05, 3.63) is 53.9 Å². The molecular weight excluding hydrogens is 378 g/mol. The summed E-state index contributed by atoms with van der Waals surface area (Å²) in [5.41, 5.74) is 2.69. The zero-order chi connectivity index (χ0) is 19.7. The maximum Gasteiger partial charge on any atom is 0.291 e. The number of pyridine rings is 1. The van der Waals surface area contributed by atoms with E-state index in [-0.39, 0.29) is 17.6 Å². The van der Waals surface area contributed by atoms with E-state index in [0.29, 0.717) is 34.2 Å². The summed E-state index contributed by atoms with van der Waals surface area (Å²) in [6, 6.07) is 11.7. The normalized spacial score (nSPS) is 16.4. The number of carbonyl (C=O) groups is 2. The van der Waals surface area contributed by atoms with Gasteiger partial charge in [0.1, 0.15) is 17.3 Å². The summed E-state index contributed by atoms with van der Waals surface area (Å²) in [5.74, 6) is 1.33. The third kappa shape index (κ3) is 3.55. The van der Waals surface area contributed by atoms with Crippen LogP contribution < -0.4 is 10.1 Å². The molecule has 3 aromatic rings. The summed E-state index contributed by atoms with van der Waals surface area (Å²) in [6.45, 7) is 1.88. The lowest BCUT2D eigenvalue weighted by Gasteiger charge is -2.22. The molecule has 0 bridgehead atoms. The first kappa shape index (κ1) is 18.4. The molecule has 4 rings (SSSR count). The first-order valence-corrected chi connectivity index (χ1v) is 9.91. The number of aromatic nitrogens is 1. The molecule has 1 saturated heterocycles. The first-order valence-electron chi connectivity index (χ1n) is 8.76. The van der Waals surface area contributed by atoms with Crippen molar-refractivity contribution < 1.29 is 18.7 Å². The molecule has 144 valence electrons. The Bertz CT molecular complexity index is 1030. The number of aryl methyl sites for hydroxylation is 1. The van der Waals surface area contributed by atoms with E-state index in [2.05, 4.69) is 10.3 Å². The van der Waals surface area contributed by atoms with Crippen molar-refractivity contribution in [2.45, 2.75) is 13.0 Å². The fourth-order valence-corrected chi connectivity index (χ4v) is 4.19. The number of hydrogen-bond acceptors (Lipinski definition) is 6. The topological polar surface area (TPSA) is 84.7 Å². The SMILES string of the molecule is COc1ccc(NC(=O)[C@H]2CSCN2C(=O)c2cc3nc(C)ccc3o2)cc1. The van der Waals surface area contributed by atoms with Crippen LogP contribution in [-0.2, 0) is 4.79 Å². The standard InChI is InChI=1S/C20H19N3O4S/c1-12-3-8-17-15(21-12)9-18(27-17)20(25)23-11-28-10-16(23)19(24)22-13-4-6-14(26-2)7-5-13/h3-9,16H,10-11H2,1-2H3,(H,22,24)/t16-/m1/s1. The number of amides is 2. The number of rotatable bonds is 4. The number of carbonyl (C=O) groups excluding carboxylic acids is 2. The molecule has 0 saturated carbocycles. The quantitative estimate of drug-likeness (QED) is 0.727. The Labute approximate surface area is 166 Å². The Balaban J connectivity index is 1.51. The van der Waals surface area contributed by atoms with Crippen LogP contribution in [-0.4, -0.2) is 46.5 Å². The third-order valence-corrected chi connectivity index (χ3v) is 5.54. The zero-order valence-electron chi connectivity index (χ0n) is 15.5. The average Bonchev–Trinajstić information content (AvgIpc) is 3.34. The molecule has 1 atom stereocenters. The lowest BCUT2D eigenvalue weighted by molar-refractivity contribution is -0.119. The van der Waals surface area contributed by atoms with E-state index in [0.717, 1.165) is 5.69 Å². The Kier molecular flexibility index (Phi) is 4.95. The fourth-order valence-electron chi connectivity index (χ4n) is 3.03. The number of nitrogens with one attached hydrogen (secondary N) is 1. The maximum atomic E-state index is 12.9. The van der Waals surface area contributed by atoms with E-state index < -0.39 is 6.04 Å². The first-order chi connectivity index (χ1) is 13.5. The number of ether oxygens (including phenoxy) is 1. The number of nitrogens with zero attached hydrogens (tertiary/aromatic N) is 2. The van der Waals surface area contributed by atoms with Crippen molar-refractivity contribution >= 4 is 40.4 Å². The van der Waals surface area contributed by atoms with Crippen LogP contribution in [0.2, 0.25) is 0 Å². The largest absolute Gasteiger partial charge is 0.497 e. The van der Waals surface area contributed by atoms with E-state index in [1.54, 1.807) is 43.5 Å². The smallest absolute Gasteiger partial charge is 0.291 e. The van der Waals surface area contributed by atoms with E-state index in [1.807, 2.05) is 13.0 Å². The van der Waals surface area contributed by atoms with Gasteiger partial charge in [0.25, 0.3) is 5.91 Å². The van der Waals surface area contributed by atoms with Gasteiger partial charge in [0, 0.05) is 23.2 Å². The highest BCUT2D eigenvalue weighted by Gasteiger charge is 2.36. The monoisotopic (exact) mass is 397 g/mol. The van der Waals surface area contributed by atoms with Gasteiger partial charge in [-0.05, 0) is 43.3 Å². The van der Waals surface area contributed by atoms with Crippen LogP contribution in [0.1, 0.15) is 16.2 Å². The molecule has 1 fully saturated rings. The highest BCUT2D eigenvalue weighted by Crippen LogP contribution is 2.27. The number of methoxy groups -OCH3 is 1. The van der Waals surface area contributed by atoms with Crippen molar-refractivity contribution in [1.82, 2.24) is 9.88 Å². The van der Waals surface area contributed by atoms with E-state index >= 15 is 0 Å². The zero-order valence-corrected chi connectivity index (χ0v) is 16.3. The number of benzene rings is 1. The molecule has 2 amide bonds. The molecule has 1 aliphatic rings. The van der Waals surface area contributed by atoms with Gasteiger partial charge in [-0.15, -0.1) is 11.8 Å². The molecule has 2 aromatic heterocycles. The molecule has 1 N–H and O–H groups in total. The predicted molar refractivity (Wildman–Crippen MR) is 108 cm³/mol. The van der Waals surface area contributed by atoms with Crippen LogP contribution >= 0.6 is 11.8 Å². The maximum absolute atomic E-state index is 12.9. The summed E-state index contributed by atoms with van der Waals surface area (Å²) in [6.07, 6.45) is 0. The minimum atomic E-state index is -0.567. The molecule has 0 spiro atoms. The molecule has 0 radical (unpaired) electrons. The number of furan rings is 1. The van der Waals surface area contributed by atoms with E-state index in [4.69, 9.17) is 9.15 Å². The molecule has 0 aliphatic carbocycles. The van der Waals surface area contributed by atoms with Crippen molar-refractivity contribution in [3.63, 3.8) is 0 Å². The minimum absolute atomic E-state index is 0.192. The highest BCUT2D eigenvalue weighted by molar-refractivity contribution is 7.99. The van der Waals surface area contributed by atoms with Crippen molar-refractivity contribution in [2.24, 2.45) is 0 Å². The predicted octanol–water partition coefficient (Wildman–Crippen LogP) is 3.30. The van der Waals surface area contributed by atoms with Crippen LogP contribution in [0.15, 0.2) is 46.9 Å². The van der Waals surface area contributed by atoms with Crippen LogP contribution in [0.25, 0.3) is 11.1 Å². The summed E-state index contributed by atoms with van der Waals surface area (Å²) in [5, 5.41) is 2.86. The lowest BCUT2D eigenvalue weighted by Crippen LogP contribution is -2.44. The summed E-state index contributed by atoms with van der Waals surface area (Å²) < 4.78 is 10.8. The Hall–Kier alpha value is -3.00. The molecule has 28 heavy (non-hydrogen) atoms. The van der Waals surface area contributed by atoms with Crippen LogP contribution in [0.5, 0.6) is 5.75 Å².